The number of aliphatic hydroxyl groups excluding tert-OH is 2. The predicted octanol–water partition coefficient (Wildman–Crippen LogP) is 0.695. The third-order valence-corrected chi connectivity index (χ3v) is 11.7. The van der Waals surface area contributed by atoms with Crippen LogP contribution in [0.2, 0.25) is 0 Å². The zero-order valence-corrected chi connectivity index (χ0v) is 24.9. The molecule has 4 fully saturated rings. The molecule has 7 nitrogen and oxygen atoms in total. The first-order chi connectivity index (χ1) is 15.9. The fourth-order valence-corrected chi connectivity index (χ4v) is 9.48. The number of hydrogen-bond donors (Lipinski definition) is 3. The first-order valence-electron chi connectivity index (χ1n) is 13.4. The Morgan fingerprint density at radius 2 is 1.78 bits per heavy atom. The molecule has 9 heteroatoms. The molecule has 0 aromatic carbocycles. The monoisotopic (exact) mass is 537 g/mol. The van der Waals surface area contributed by atoms with E-state index in [4.69, 9.17) is 0 Å². The Morgan fingerprint density at radius 3 is 2.44 bits per heavy atom. The molecule has 0 heterocycles. The Hall–Kier alpha value is 0.300. The Morgan fingerprint density at radius 1 is 1.08 bits per heavy atom. The molecule has 0 aromatic heterocycles. The minimum atomic E-state index is -4.32. The maximum absolute atomic E-state index is 12.2. The van der Waals surface area contributed by atoms with Crippen molar-refractivity contribution in [3.8, 4) is 0 Å². The van der Waals surface area contributed by atoms with Crippen LogP contribution in [0, 0.1) is 46.3 Å². The summed E-state index contributed by atoms with van der Waals surface area (Å²) in [7, 11) is -4.32. The number of nitrogens with one attached hydrogen (secondary N) is 1. The molecule has 0 aliphatic heterocycles. The van der Waals surface area contributed by atoms with E-state index in [1.165, 1.54) is 12.8 Å². The zero-order chi connectivity index (χ0) is 24.9. The van der Waals surface area contributed by atoms with E-state index in [1.54, 1.807) is 0 Å². The van der Waals surface area contributed by atoms with Crippen LogP contribution >= 0.6 is 0 Å². The molecule has 0 spiro atoms. The molecule has 0 aromatic rings. The van der Waals surface area contributed by atoms with Gasteiger partial charge in [0, 0.05) is 13.0 Å². The predicted molar refractivity (Wildman–Crippen MR) is 135 cm³/mol. The van der Waals surface area contributed by atoms with Gasteiger partial charge in [0.1, 0.15) is 0 Å². The van der Waals surface area contributed by atoms with Crippen LogP contribution in [-0.2, 0) is 14.9 Å². The summed E-state index contributed by atoms with van der Waals surface area (Å²) in [4.78, 5) is 12.2. The number of hydrogen-bond acceptors (Lipinski definition) is 6. The van der Waals surface area contributed by atoms with Crippen LogP contribution in [0.15, 0.2) is 0 Å². The third kappa shape index (κ3) is 6.20. The van der Waals surface area contributed by atoms with Crippen LogP contribution in [0.25, 0.3) is 0 Å². The summed E-state index contributed by atoms with van der Waals surface area (Å²) in [6.07, 6.45) is 8.85. The fourth-order valence-electron chi connectivity index (χ4n) is 9.12. The molecule has 0 saturated heterocycles. The van der Waals surface area contributed by atoms with E-state index in [9.17, 15) is 28.0 Å². The first kappa shape index (κ1) is 32.5. The molecule has 1 amide bonds. The van der Waals surface area contributed by atoms with Crippen molar-refractivity contribution in [1.29, 1.82) is 0 Å². The van der Waals surface area contributed by atoms with E-state index < -0.39 is 15.9 Å². The Balaban J connectivity index is 0.00000228. The molecule has 4 aliphatic rings. The third-order valence-electron chi connectivity index (χ3n) is 11.0. The number of aliphatic hydroxyl groups is 2. The molecule has 36 heavy (non-hydrogen) atoms. The maximum atomic E-state index is 12.2. The molecule has 0 unspecified atom stereocenters. The number of amides is 1. The topological polar surface area (TPSA) is 127 Å². The molecule has 10 atom stereocenters. The minimum Gasteiger partial charge on any atom is -0.748 e. The molecule has 4 saturated carbocycles. The van der Waals surface area contributed by atoms with Crippen LogP contribution in [0.1, 0.15) is 92.4 Å². The number of carbonyl (C=O) groups excluding carboxylic acids is 1. The standard InChI is InChI=1S/C26H45NO6S.CH4.Na/c1-16(4-9-24(30)27-12-13-34(31,32)33)20-7-8-21-19-6-5-17-14-18(28)10-11-25(17,2)22(19)15-23(29)26(20,21)3;;/h16-23,28-29H,4-15H2,1-3H3,(H,27,30)(H,31,32,33);1H4;/q;;+1/p-1/t16-,17-,18-,19+,20-,21+,22+,23+,25+,26-;;/m1../s1. The average Bonchev–Trinajstić information content (AvgIpc) is 3.11. The van der Waals surface area contributed by atoms with Gasteiger partial charge in [0.05, 0.1) is 28.1 Å². The number of rotatable bonds is 7. The molecule has 4 aliphatic carbocycles. The fraction of sp³-hybridized carbons (Fsp3) is 0.963. The summed E-state index contributed by atoms with van der Waals surface area (Å²) in [5, 5.41) is 24.4. The average molecular weight is 538 g/mol. The largest absolute Gasteiger partial charge is 1.00 e. The van der Waals surface area contributed by atoms with Crippen molar-refractivity contribution in [2.45, 2.75) is 105 Å². The van der Waals surface area contributed by atoms with E-state index >= 15 is 0 Å². The molecule has 4 rings (SSSR count). The molecular formula is C27H48NNaO6S. The molecular weight excluding hydrogens is 489 g/mol. The van der Waals surface area contributed by atoms with Gasteiger partial charge in [0.15, 0.2) is 0 Å². The van der Waals surface area contributed by atoms with Crippen molar-refractivity contribution in [1.82, 2.24) is 5.32 Å². The van der Waals surface area contributed by atoms with Gasteiger partial charge in [-0.15, -0.1) is 0 Å². The summed E-state index contributed by atoms with van der Waals surface area (Å²) in [5.41, 5.74) is 0.0922. The summed E-state index contributed by atoms with van der Waals surface area (Å²) in [5.74, 6) is 2.10. The van der Waals surface area contributed by atoms with Crippen molar-refractivity contribution in [2.75, 3.05) is 12.3 Å². The van der Waals surface area contributed by atoms with Crippen LogP contribution in [0.4, 0.5) is 0 Å². The summed E-state index contributed by atoms with van der Waals surface area (Å²) < 4.78 is 32.2. The van der Waals surface area contributed by atoms with Gasteiger partial charge in [-0.3, -0.25) is 4.79 Å². The van der Waals surface area contributed by atoms with E-state index in [0.717, 1.165) is 38.5 Å². The SMILES string of the molecule is C.C[C@H](CCC(=O)NCCS(=O)(=O)[O-])[C@H]1CC[C@H]2[C@@H]3CC[C@@H]4C[C@H](O)CC[C@]4(C)[C@H]3C[C@H](O)[C@]12C.[Na+]. The minimum absolute atomic E-state index is 0. The normalized spacial score (nSPS) is 42.6. The van der Waals surface area contributed by atoms with Crippen molar-refractivity contribution in [3.05, 3.63) is 0 Å². The van der Waals surface area contributed by atoms with Crippen molar-refractivity contribution < 1.29 is 57.5 Å². The van der Waals surface area contributed by atoms with Gasteiger partial charge in [-0.05, 0) is 104 Å². The van der Waals surface area contributed by atoms with Gasteiger partial charge in [0.2, 0.25) is 5.91 Å². The second kappa shape index (κ2) is 12.2. The molecule has 0 radical (unpaired) electrons. The Labute approximate surface area is 241 Å². The first-order valence-corrected chi connectivity index (χ1v) is 15.0. The van der Waals surface area contributed by atoms with Crippen molar-refractivity contribution in [3.63, 3.8) is 0 Å². The maximum Gasteiger partial charge on any atom is 1.00 e. The zero-order valence-electron chi connectivity index (χ0n) is 22.0. The second-order valence-corrected chi connectivity index (χ2v) is 14.0. The molecule has 204 valence electrons. The van der Waals surface area contributed by atoms with Gasteiger partial charge in [-0.25, -0.2) is 8.42 Å². The smallest absolute Gasteiger partial charge is 0.748 e. The van der Waals surface area contributed by atoms with E-state index in [1.807, 2.05) is 0 Å². The van der Waals surface area contributed by atoms with E-state index in [0.29, 0.717) is 42.4 Å². The molecule has 3 N–H and O–H groups in total. The van der Waals surface area contributed by atoms with Crippen molar-refractivity contribution >= 4 is 16.0 Å². The second-order valence-electron chi connectivity index (χ2n) is 12.5. The van der Waals surface area contributed by atoms with Crippen LogP contribution in [-0.4, -0.2) is 53.6 Å². The van der Waals surface area contributed by atoms with Crippen LogP contribution < -0.4 is 34.9 Å². The van der Waals surface area contributed by atoms with Gasteiger partial charge in [0.25, 0.3) is 0 Å². The number of carbonyl (C=O) groups is 1. The van der Waals surface area contributed by atoms with Gasteiger partial charge in [-0.2, -0.15) is 0 Å². The van der Waals surface area contributed by atoms with Gasteiger partial charge < -0.3 is 20.1 Å². The summed E-state index contributed by atoms with van der Waals surface area (Å²) in [6.45, 7) is 6.78. The Kier molecular flexibility index (Phi) is 11.0. The van der Waals surface area contributed by atoms with Gasteiger partial charge >= 0.3 is 29.6 Å². The van der Waals surface area contributed by atoms with Crippen molar-refractivity contribution in [2.24, 2.45) is 46.3 Å². The van der Waals surface area contributed by atoms with E-state index in [2.05, 4.69) is 26.1 Å². The number of fused-ring (bicyclic) bond motifs is 5. The van der Waals surface area contributed by atoms with E-state index in [-0.39, 0.29) is 78.4 Å². The Bertz CT molecular complexity index is 870. The summed E-state index contributed by atoms with van der Waals surface area (Å²) in [6, 6.07) is 0. The van der Waals surface area contributed by atoms with Crippen LogP contribution in [0.5, 0.6) is 0 Å². The quantitative estimate of drug-likeness (QED) is 0.324. The van der Waals surface area contributed by atoms with Gasteiger partial charge in [-0.1, -0.05) is 28.2 Å². The van der Waals surface area contributed by atoms with Crippen LogP contribution in [0.3, 0.4) is 0 Å². The molecule has 0 bridgehead atoms. The summed E-state index contributed by atoms with van der Waals surface area (Å²) >= 11 is 0.